The summed E-state index contributed by atoms with van der Waals surface area (Å²) in [4.78, 5) is 0.258. The van der Waals surface area contributed by atoms with Crippen molar-refractivity contribution in [1.82, 2.24) is 19.8 Å². The highest BCUT2D eigenvalue weighted by molar-refractivity contribution is 9.11. The van der Waals surface area contributed by atoms with E-state index in [1.54, 1.807) is 21.0 Å². The first-order valence-electron chi connectivity index (χ1n) is 6.24. The highest BCUT2D eigenvalue weighted by Crippen LogP contribution is 2.25. The first-order chi connectivity index (χ1) is 9.86. The fraction of sp³-hybridized carbons (Fsp3) is 0.417. The Labute approximate surface area is 136 Å². The number of sulfonamides is 1. The lowest BCUT2D eigenvalue weighted by Crippen LogP contribution is -2.28. The molecule has 0 fully saturated rings. The first kappa shape index (κ1) is 16.6. The number of thiophene rings is 1. The van der Waals surface area contributed by atoms with E-state index in [0.29, 0.717) is 24.5 Å². The molecule has 0 aliphatic carbocycles. The molecule has 116 valence electrons. The van der Waals surface area contributed by atoms with Crippen molar-refractivity contribution in [2.45, 2.75) is 24.9 Å². The van der Waals surface area contributed by atoms with Crippen LogP contribution in [0.2, 0.25) is 0 Å². The summed E-state index contributed by atoms with van der Waals surface area (Å²) in [6, 6.07) is 1.92. The molecule has 9 heteroatoms. The zero-order valence-corrected chi connectivity index (χ0v) is 15.2. The van der Waals surface area contributed by atoms with Gasteiger partial charge in [-0.1, -0.05) is 0 Å². The van der Waals surface area contributed by atoms with Gasteiger partial charge < -0.3 is 5.32 Å². The predicted octanol–water partition coefficient (Wildman–Crippen LogP) is 2.08. The smallest absolute Gasteiger partial charge is 0.246 e. The van der Waals surface area contributed by atoms with Crippen molar-refractivity contribution < 1.29 is 8.42 Å². The largest absolute Gasteiger partial charge is 0.314 e. The fourth-order valence-corrected chi connectivity index (χ4v) is 4.70. The van der Waals surface area contributed by atoms with Crippen molar-refractivity contribution in [3.05, 3.63) is 32.2 Å². The molecular formula is C12H17BrN4O2S2. The number of aryl methyl sites for hydroxylation is 1. The van der Waals surface area contributed by atoms with Gasteiger partial charge in [-0.15, -0.1) is 11.3 Å². The Morgan fingerprint density at radius 2 is 2.24 bits per heavy atom. The average Bonchev–Trinajstić information content (AvgIpc) is 2.97. The normalized spacial score (nSPS) is 12.2. The molecule has 0 unspecified atom stereocenters. The van der Waals surface area contributed by atoms with E-state index in [4.69, 9.17) is 0 Å². The Morgan fingerprint density at radius 1 is 1.52 bits per heavy atom. The minimum absolute atomic E-state index is 0.258. The molecule has 2 heterocycles. The number of aromatic nitrogens is 2. The predicted molar refractivity (Wildman–Crippen MR) is 86.8 cm³/mol. The Morgan fingerprint density at radius 3 is 2.81 bits per heavy atom. The SMILES string of the molecule is CNCc1n[nH]c(C)c1S(=O)(=O)N(C)Cc1csc(Br)c1. The van der Waals surface area contributed by atoms with E-state index in [1.165, 1.54) is 15.6 Å². The van der Waals surface area contributed by atoms with Gasteiger partial charge in [0, 0.05) is 20.1 Å². The zero-order chi connectivity index (χ0) is 15.6. The van der Waals surface area contributed by atoms with Gasteiger partial charge in [0.2, 0.25) is 10.0 Å². The van der Waals surface area contributed by atoms with Gasteiger partial charge in [-0.2, -0.15) is 9.40 Å². The van der Waals surface area contributed by atoms with Crippen LogP contribution in [0, 0.1) is 6.92 Å². The lowest BCUT2D eigenvalue weighted by Gasteiger charge is -2.17. The molecule has 0 saturated heterocycles. The van der Waals surface area contributed by atoms with E-state index in [0.717, 1.165) is 9.35 Å². The van der Waals surface area contributed by atoms with Gasteiger partial charge in [-0.3, -0.25) is 5.10 Å². The average molecular weight is 393 g/mol. The summed E-state index contributed by atoms with van der Waals surface area (Å²) in [5.41, 5.74) is 2.02. The number of nitrogens with one attached hydrogen (secondary N) is 2. The van der Waals surface area contributed by atoms with Crippen LogP contribution in [0.4, 0.5) is 0 Å². The van der Waals surface area contributed by atoms with Crippen molar-refractivity contribution >= 4 is 37.3 Å². The first-order valence-corrected chi connectivity index (χ1v) is 9.35. The molecule has 0 bridgehead atoms. The van der Waals surface area contributed by atoms with Crippen LogP contribution in [0.1, 0.15) is 17.0 Å². The highest BCUT2D eigenvalue weighted by atomic mass is 79.9. The monoisotopic (exact) mass is 392 g/mol. The molecule has 0 atom stereocenters. The highest BCUT2D eigenvalue weighted by Gasteiger charge is 2.28. The summed E-state index contributed by atoms with van der Waals surface area (Å²) >= 11 is 4.92. The lowest BCUT2D eigenvalue weighted by molar-refractivity contribution is 0.465. The molecule has 6 nitrogen and oxygen atoms in total. The van der Waals surface area contributed by atoms with E-state index < -0.39 is 10.0 Å². The van der Waals surface area contributed by atoms with Crippen LogP contribution in [0.3, 0.4) is 0 Å². The molecule has 0 saturated carbocycles. The summed E-state index contributed by atoms with van der Waals surface area (Å²) in [6.45, 7) is 2.44. The molecule has 0 amide bonds. The van der Waals surface area contributed by atoms with Crippen molar-refractivity contribution in [2.24, 2.45) is 0 Å². The number of rotatable bonds is 6. The molecule has 0 aromatic carbocycles. The van der Waals surface area contributed by atoms with Crippen LogP contribution in [-0.4, -0.2) is 37.0 Å². The van der Waals surface area contributed by atoms with E-state index in [-0.39, 0.29) is 4.90 Å². The standard InChI is InChI=1S/C12H17BrN4O2S2/c1-8-12(10(5-14-2)16-15-8)21(18,19)17(3)6-9-4-11(13)20-7-9/h4,7,14H,5-6H2,1-3H3,(H,15,16). The van der Waals surface area contributed by atoms with Gasteiger partial charge in [0.1, 0.15) is 4.90 Å². The maximum Gasteiger partial charge on any atom is 0.246 e. The van der Waals surface area contributed by atoms with E-state index in [9.17, 15) is 8.42 Å². The third kappa shape index (κ3) is 3.54. The minimum Gasteiger partial charge on any atom is -0.314 e. The third-order valence-corrected chi connectivity index (χ3v) is 6.56. The van der Waals surface area contributed by atoms with Gasteiger partial charge >= 0.3 is 0 Å². The molecule has 0 spiro atoms. The van der Waals surface area contributed by atoms with Crippen LogP contribution >= 0.6 is 27.3 Å². The number of nitrogens with zero attached hydrogens (tertiary/aromatic N) is 2. The molecule has 2 rings (SSSR count). The topological polar surface area (TPSA) is 78.1 Å². The Kier molecular flexibility index (Phi) is 5.20. The summed E-state index contributed by atoms with van der Waals surface area (Å²) in [7, 11) is -0.242. The van der Waals surface area contributed by atoms with E-state index in [1.807, 2.05) is 11.4 Å². The molecule has 21 heavy (non-hydrogen) atoms. The molecular weight excluding hydrogens is 376 g/mol. The van der Waals surface area contributed by atoms with E-state index in [2.05, 4.69) is 31.4 Å². The van der Waals surface area contributed by atoms with Gasteiger partial charge in [0.25, 0.3) is 0 Å². The van der Waals surface area contributed by atoms with Gasteiger partial charge in [0.15, 0.2) is 0 Å². The summed E-state index contributed by atoms with van der Waals surface area (Å²) in [5, 5.41) is 11.7. The summed E-state index contributed by atoms with van der Waals surface area (Å²) in [5.74, 6) is 0. The molecule has 0 radical (unpaired) electrons. The maximum atomic E-state index is 12.8. The Hall–Kier alpha value is -0.740. The molecule has 2 N–H and O–H groups in total. The third-order valence-electron chi connectivity index (χ3n) is 3.00. The van der Waals surface area contributed by atoms with Crippen LogP contribution in [0.15, 0.2) is 20.1 Å². The lowest BCUT2D eigenvalue weighted by atomic mass is 10.3. The number of aromatic amines is 1. The van der Waals surface area contributed by atoms with Crippen LogP contribution in [0.25, 0.3) is 0 Å². The second kappa shape index (κ2) is 6.57. The van der Waals surface area contributed by atoms with Crippen LogP contribution in [0.5, 0.6) is 0 Å². The molecule has 0 aliphatic heterocycles. The zero-order valence-electron chi connectivity index (χ0n) is 12.0. The van der Waals surface area contributed by atoms with Crippen molar-refractivity contribution in [3.63, 3.8) is 0 Å². The Balaban J connectivity index is 2.30. The van der Waals surface area contributed by atoms with Gasteiger partial charge in [-0.05, 0) is 46.9 Å². The summed E-state index contributed by atoms with van der Waals surface area (Å²) < 4.78 is 27.8. The second-order valence-corrected chi connectivity index (χ2v) is 8.95. The number of hydrogen-bond acceptors (Lipinski definition) is 5. The summed E-state index contributed by atoms with van der Waals surface area (Å²) in [6.07, 6.45) is 0. The number of hydrogen-bond donors (Lipinski definition) is 2. The van der Waals surface area contributed by atoms with Gasteiger partial charge in [-0.25, -0.2) is 8.42 Å². The quantitative estimate of drug-likeness (QED) is 0.788. The Bertz CT molecular complexity index is 723. The minimum atomic E-state index is -3.58. The molecule has 2 aromatic rings. The number of H-pyrrole nitrogens is 1. The maximum absolute atomic E-state index is 12.8. The van der Waals surface area contributed by atoms with Crippen molar-refractivity contribution in [1.29, 1.82) is 0 Å². The van der Waals surface area contributed by atoms with Crippen molar-refractivity contribution in [3.8, 4) is 0 Å². The van der Waals surface area contributed by atoms with Crippen LogP contribution < -0.4 is 5.32 Å². The fourth-order valence-electron chi connectivity index (χ4n) is 2.03. The molecule has 0 aliphatic rings. The van der Waals surface area contributed by atoms with E-state index >= 15 is 0 Å². The molecule has 2 aromatic heterocycles. The van der Waals surface area contributed by atoms with Crippen LogP contribution in [-0.2, 0) is 23.1 Å². The van der Waals surface area contributed by atoms with Gasteiger partial charge in [0.05, 0.1) is 15.2 Å². The van der Waals surface area contributed by atoms with Crippen molar-refractivity contribution in [2.75, 3.05) is 14.1 Å². The number of halogens is 1. The second-order valence-electron chi connectivity index (χ2n) is 4.67.